The Bertz CT molecular complexity index is 962. The highest BCUT2D eigenvalue weighted by Crippen LogP contribution is 2.58. The minimum Gasteiger partial charge on any atom is -0.362 e. The van der Waals surface area contributed by atoms with E-state index in [1.807, 2.05) is 36.4 Å². The van der Waals surface area contributed by atoms with E-state index in [4.69, 9.17) is 0 Å². The van der Waals surface area contributed by atoms with Crippen LogP contribution in [0, 0.1) is 17.3 Å². The summed E-state index contributed by atoms with van der Waals surface area (Å²) in [5.74, 6) is 0.295. The van der Waals surface area contributed by atoms with Gasteiger partial charge in [-0.25, -0.2) is 0 Å². The van der Waals surface area contributed by atoms with Crippen molar-refractivity contribution in [3.63, 3.8) is 0 Å². The molecule has 3 fully saturated rings. The van der Waals surface area contributed by atoms with E-state index in [-0.39, 0.29) is 29.1 Å². The van der Waals surface area contributed by atoms with Gasteiger partial charge in [0.25, 0.3) is 5.91 Å². The first-order chi connectivity index (χ1) is 14.0. The number of hydrogen-bond donors (Lipinski definition) is 3. The third-order valence-electron chi connectivity index (χ3n) is 7.20. The molecule has 1 spiro atoms. The molecular weight excluding hydrogens is 364 g/mol. The van der Waals surface area contributed by atoms with Crippen LogP contribution in [0.1, 0.15) is 48.5 Å². The van der Waals surface area contributed by atoms with E-state index >= 15 is 0 Å². The van der Waals surface area contributed by atoms with Gasteiger partial charge in [-0.2, -0.15) is 0 Å². The average molecular weight is 390 g/mol. The van der Waals surface area contributed by atoms with Crippen LogP contribution in [0.2, 0.25) is 0 Å². The Morgan fingerprint density at radius 1 is 1.21 bits per heavy atom. The molecule has 3 N–H and O–H groups in total. The minimum atomic E-state index is -0.458. The Kier molecular flexibility index (Phi) is 4.12. The maximum Gasteiger partial charge on any atom is 0.255 e. The van der Waals surface area contributed by atoms with Crippen molar-refractivity contribution in [1.82, 2.24) is 15.6 Å². The Hall–Kier alpha value is -2.89. The van der Waals surface area contributed by atoms with Crippen LogP contribution < -0.4 is 16.0 Å². The van der Waals surface area contributed by atoms with E-state index in [0.717, 1.165) is 36.9 Å². The number of rotatable bonds is 3. The topological polar surface area (TPSA) is 83.1 Å². The lowest BCUT2D eigenvalue weighted by molar-refractivity contribution is -0.139. The fraction of sp³-hybridized carbons (Fsp3) is 0.435. The summed E-state index contributed by atoms with van der Waals surface area (Å²) in [5.41, 5.74) is 2.03. The molecule has 1 aromatic heterocycles. The number of carbonyl (C=O) groups is 2. The Morgan fingerprint density at radius 3 is 2.79 bits per heavy atom. The van der Waals surface area contributed by atoms with Gasteiger partial charge in [0.05, 0.1) is 5.56 Å². The Morgan fingerprint density at radius 2 is 2.00 bits per heavy atom. The number of nitrogens with one attached hydrogen (secondary N) is 3. The second-order valence-electron chi connectivity index (χ2n) is 9.02. The lowest BCUT2D eigenvalue weighted by Gasteiger charge is -2.60. The van der Waals surface area contributed by atoms with Gasteiger partial charge in [0.1, 0.15) is 5.66 Å². The number of fused-ring (bicyclic) bond motifs is 3. The van der Waals surface area contributed by atoms with Gasteiger partial charge in [0.2, 0.25) is 5.91 Å². The summed E-state index contributed by atoms with van der Waals surface area (Å²) in [6, 6.07) is 11.5. The smallest absolute Gasteiger partial charge is 0.255 e. The highest BCUT2D eigenvalue weighted by atomic mass is 16.2. The summed E-state index contributed by atoms with van der Waals surface area (Å²) in [6.45, 7) is 2.72. The molecule has 6 heteroatoms. The van der Waals surface area contributed by atoms with Crippen LogP contribution in [0.3, 0.4) is 0 Å². The van der Waals surface area contributed by atoms with Crippen LogP contribution in [0.5, 0.6) is 0 Å². The van der Waals surface area contributed by atoms with Gasteiger partial charge in [-0.05, 0) is 60.9 Å². The van der Waals surface area contributed by atoms with E-state index in [9.17, 15) is 9.59 Å². The monoisotopic (exact) mass is 390 g/mol. The maximum atomic E-state index is 13.1. The highest BCUT2D eigenvalue weighted by Gasteiger charge is 2.60. The van der Waals surface area contributed by atoms with Crippen LogP contribution in [-0.2, 0) is 11.3 Å². The third kappa shape index (κ3) is 2.98. The maximum absolute atomic E-state index is 13.1. The normalized spacial score (nSPS) is 32.2. The zero-order chi connectivity index (χ0) is 20.1. The largest absolute Gasteiger partial charge is 0.362 e. The minimum absolute atomic E-state index is 0.0193. The number of aromatic nitrogens is 1. The molecule has 29 heavy (non-hydrogen) atoms. The summed E-state index contributed by atoms with van der Waals surface area (Å²) in [4.78, 5) is 29.9. The number of nitrogens with zero attached hydrogens (tertiary/aromatic N) is 1. The fourth-order valence-electron chi connectivity index (χ4n) is 5.67. The van der Waals surface area contributed by atoms with Crippen molar-refractivity contribution in [2.24, 2.45) is 17.3 Å². The van der Waals surface area contributed by atoms with E-state index in [2.05, 4.69) is 27.9 Å². The fourth-order valence-corrected chi connectivity index (χ4v) is 5.67. The van der Waals surface area contributed by atoms with Crippen molar-refractivity contribution in [2.75, 3.05) is 5.32 Å². The van der Waals surface area contributed by atoms with Crippen LogP contribution in [-0.4, -0.2) is 22.5 Å². The molecule has 1 aliphatic heterocycles. The van der Waals surface area contributed by atoms with E-state index < -0.39 is 5.66 Å². The van der Waals surface area contributed by atoms with E-state index in [1.165, 1.54) is 0 Å². The number of hydrogen-bond acceptors (Lipinski definition) is 4. The number of para-hydroxylation sites is 1. The first kappa shape index (κ1) is 18.2. The molecule has 0 unspecified atom stereocenters. The van der Waals surface area contributed by atoms with Crippen LogP contribution >= 0.6 is 0 Å². The summed E-state index contributed by atoms with van der Waals surface area (Å²) in [5, 5.41) is 10.0. The molecule has 0 radical (unpaired) electrons. The molecule has 2 aromatic rings. The van der Waals surface area contributed by atoms with E-state index in [0.29, 0.717) is 12.1 Å². The molecule has 4 atom stereocenters. The molecule has 2 amide bonds. The zero-order valence-electron chi connectivity index (χ0n) is 16.6. The number of pyridine rings is 1. The molecule has 3 aliphatic carbocycles. The van der Waals surface area contributed by atoms with Gasteiger partial charge in [-0.1, -0.05) is 19.1 Å². The molecule has 2 bridgehead atoms. The van der Waals surface area contributed by atoms with Crippen molar-refractivity contribution in [1.29, 1.82) is 0 Å². The van der Waals surface area contributed by atoms with Crippen LogP contribution in [0.25, 0.3) is 0 Å². The average Bonchev–Trinajstić information content (AvgIpc) is 2.72. The van der Waals surface area contributed by atoms with Crippen LogP contribution in [0.15, 0.2) is 48.8 Å². The first-order valence-corrected chi connectivity index (χ1v) is 10.4. The highest BCUT2D eigenvalue weighted by molar-refractivity contribution is 6.02. The Balaban J connectivity index is 1.35. The molecular formula is C23H26N4O2. The molecule has 2 heterocycles. The van der Waals surface area contributed by atoms with Crippen molar-refractivity contribution < 1.29 is 9.59 Å². The standard InChI is InChI=1S/C23H26N4O2/c1-22-9-6-16(12-18(22)21(29)25-13-15-7-10-24-11-8-15)23(14-22)26-19-5-3-2-4-17(19)20(28)27-23/h2-5,7-8,10-11,16,18,26H,6,9,12-14H2,1H3,(H,25,29)(H,27,28)/t16-,18+,22+,23-/m0/s1. The van der Waals surface area contributed by atoms with Crippen LogP contribution in [0.4, 0.5) is 5.69 Å². The number of amides is 2. The molecule has 1 aromatic carbocycles. The van der Waals surface area contributed by atoms with Gasteiger partial charge in [0.15, 0.2) is 0 Å². The molecule has 3 saturated carbocycles. The Labute approximate surface area is 170 Å². The molecule has 6 rings (SSSR count). The van der Waals surface area contributed by atoms with Crippen molar-refractivity contribution in [3.8, 4) is 0 Å². The molecule has 4 aliphatic rings. The second-order valence-corrected chi connectivity index (χ2v) is 9.02. The van der Waals surface area contributed by atoms with Crippen molar-refractivity contribution in [2.45, 2.75) is 44.8 Å². The molecule has 6 nitrogen and oxygen atoms in total. The van der Waals surface area contributed by atoms with Gasteiger partial charge in [-0.15, -0.1) is 0 Å². The summed E-state index contributed by atoms with van der Waals surface area (Å²) >= 11 is 0. The van der Waals surface area contributed by atoms with Gasteiger partial charge < -0.3 is 16.0 Å². The predicted molar refractivity (Wildman–Crippen MR) is 110 cm³/mol. The molecule has 0 saturated heterocycles. The van der Waals surface area contributed by atoms with Crippen molar-refractivity contribution >= 4 is 17.5 Å². The number of anilines is 1. The number of benzene rings is 1. The summed E-state index contributed by atoms with van der Waals surface area (Å²) in [6.07, 6.45) is 7.05. The zero-order valence-corrected chi connectivity index (χ0v) is 16.6. The number of carbonyl (C=O) groups excluding carboxylic acids is 2. The first-order valence-electron chi connectivity index (χ1n) is 10.4. The SMILES string of the molecule is C[C@]12CC[C@@H](C[C@@H]1C(=O)NCc1ccncc1)[C@]1(C2)NC(=O)c2ccccc2N1. The van der Waals surface area contributed by atoms with Gasteiger partial charge >= 0.3 is 0 Å². The predicted octanol–water partition coefficient (Wildman–Crippen LogP) is 3.08. The summed E-state index contributed by atoms with van der Waals surface area (Å²) < 4.78 is 0. The van der Waals surface area contributed by atoms with Gasteiger partial charge in [-0.3, -0.25) is 14.6 Å². The van der Waals surface area contributed by atoms with E-state index in [1.54, 1.807) is 12.4 Å². The summed E-state index contributed by atoms with van der Waals surface area (Å²) in [7, 11) is 0. The van der Waals surface area contributed by atoms with Crippen molar-refractivity contribution in [3.05, 3.63) is 59.9 Å². The quantitative estimate of drug-likeness (QED) is 0.752. The lowest BCUT2D eigenvalue weighted by Crippen LogP contribution is -2.70. The second kappa shape index (κ2) is 6.58. The lowest BCUT2D eigenvalue weighted by atomic mass is 9.51. The van der Waals surface area contributed by atoms with Gasteiger partial charge in [0, 0.05) is 36.5 Å². The molecule has 150 valence electrons. The third-order valence-corrected chi connectivity index (χ3v) is 7.20.